The molecule has 0 heterocycles. The number of rotatable bonds is 3. The molecule has 0 spiro atoms. The predicted octanol–water partition coefficient (Wildman–Crippen LogP) is 2.49. The largest absolute Gasteiger partial charge is 0.494 e. The predicted molar refractivity (Wildman–Crippen MR) is 54.7 cm³/mol. The molecule has 78 valence electrons. The maximum absolute atomic E-state index is 13.1. The highest BCUT2D eigenvalue weighted by Gasteiger charge is 2.12. The number of methoxy groups -OCH3 is 1. The van der Waals surface area contributed by atoms with Crippen molar-refractivity contribution in [1.29, 1.82) is 0 Å². The highest BCUT2D eigenvalue weighted by molar-refractivity contribution is 5.32. The van der Waals surface area contributed by atoms with Crippen LogP contribution in [0.1, 0.15) is 25.5 Å². The molecule has 1 unspecified atom stereocenters. The van der Waals surface area contributed by atoms with Crippen molar-refractivity contribution in [3.8, 4) is 5.75 Å². The van der Waals surface area contributed by atoms with Crippen molar-refractivity contribution in [2.24, 2.45) is 11.7 Å². The second-order valence-electron chi connectivity index (χ2n) is 3.66. The van der Waals surface area contributed by atoms with Crippen molar-refractivity contribution < 1.29 is 9.13 Å². The molecule has 0 aliphatic rings. The zero-order valence-corrected chi connectivity index (χ0v) is 8.75. The molecule has 0 amide bonds. The van der Waals surface area contributed by atoms with E-state index in [9.17, 15) is 4.39 Å². The molecule has 0 saturated carbocycles. The molecule has 2 nitrogen and oxygen atoms in total. The van der Waals surface area contributed by atoms with Crippen molar-refractivity contribution in [1.82, 2.24) is 0 Å². The van der Waals surface area contributed by atoms with Crippen LogP contribution < -0.4 is 10.5 Å². The minimum absolute atomic E-state index is 0.0792. The Hall–Kier alpha value is -1.09. The lowest BCUT2D eigenvalue weighted by molar-refractivity contribution is 0.384. The third-order valence-electron chi connectivity index (χ3n) is 2.28. The molecule has 0 radical (unpaired) electrons. The van der Waals surface area contributed by atoms with E-state index in [4.69, 9.17) is 10.5 Å². The van der Waals surface area contributed by atoms with E-state index in [-0.39, 0.29) is 17.6 Å². The lowest BCUT2D eigenvalue weighted by Gasteiger charge is -2.16. The van der Waals surface area contributed by atoms with E-state index in [0.29, 0.717) is 5.92 Å². The standard InChI is InChI=1S/C11H16FNO/c1-7(2)11(13)8-4-5-9(12)10(6-8)14-3/h4-7,11H,13H2,1-3H3. The molecule has 1 rings (SSSR count). The maximum Gasteiger partial charge on any atom is 0.165 e. The van der Waals surface area contributed by atoms with Gasteiger partial charge in [-0.25, -0.2) is 4.39 Å². The summed E-state index contributed by atoms with van der Waals surface area (Å²) < 4.78 is 18.0. The second-order valence-corrected chi connectivity index (χ2v) is 3.66. The van der Waals surface area contributed by atoms with Crippen LogP contribution in [0.15, 0.2) is 18.2 Å². The fourth-order valence-corrected chi connectivity index (χ4v) is 1.27. The second kappa shape index (κ2) is 4.42. The van der Waals surface area contributed by atoms with E-state index in [1.54, 1.807) is 12.1 Å². The maximum atomic E-state index is 13.1. The fourth-order valence-electron chi connectivity index (χ4n) is 1.27. The van der Waals surface area contributed by atoms with E-state index in [1.807, 2.05) is 13.8 Å². The molecule has 0 fully saturated rings. The molecular weight excluding hydrogens is 181 g/mol. The molecular formula is C11H16FNO. The Balaban J connectivity index is 3.00. The van der Waals surface area contributed by atoms with Crippen molar-refractivity contribution in [2.75, 3.05) is 7.11 Å². The minimum Gasteiger partial charge on any atom is -0.494 e. The third-order valence-corrected chi connectivity index (χ3v) is 2.28. The van der Waals surface area contributed by atoms with Crippen LogP contribution in [0.4, 0.5) is 4.39 Å². The first-order chi connectivity index (χ1) is 6.56. The normalized spacial score (nSPS) is 13.0. The van der Waals surface area contributed by atoms with E-state index in [2.05, 4.69) is 0 Å². The Bertz CT molecular complexity index is 312. The number of hydrogen-bond acceptors (Lipinski definition) is 2. The van der Waals surface area contributed by atoms with Gasteiger partial charge in [-0.3, -0.25) is 0 Å². The van der Waals surface area contributed by atoms with Gasteiger partial charge in [0.05, 0.1) is 7.11 Å². The van der Waals surface area contributed by atoms with Gasteiger partial charge in [-0.15, -0.1) is 0 Å². The fraction of sp³-hybridized carbons (Fsp3) is 0.455. The van der Waals surface area contributed by atoms with Crippen molar-refractivity contribution in [3.05, 3.63) is 29.6 Å². The van der Waals surface area contributed by atoms with E-state index >= 15 is 0 Å². The molecule has 2 N–H and O–H groups in total. The molecule has 0 aromatic heterocycles. The monoisotopic (exact) mass is 197 g/mol. The smallest absolute Gasteiger partial charge is 0.165 e. The summed E-state index contributed by atoms with van der Waals surface area (Å²) in [4.78, 5) is 0. The number of ether oxygens (including phenoxy) is 1. The Morgan fingerprint density at radius 1 is 1.36 bits per heavy atom. The van der Waals surface area contributed by atoms with Gasteiger partial charge < -0.3 is 10.5 Å². The van der Waals surface area contributed by atoms with Gasteiger partial charge in [0.2, 0.25) is 0 Å². The Morgan fingerprint density at radius 3 is 2.50 bits per heavy atom. The van der Waals surface area contributed by atoms with Crippen molar-refractivity contribution in [2.45, 2.75) is 19.9 Å². The molecule has 3 heteroatoms. The van der Waals surface area contributed by atoms with Gasteiger partial charge in [0.15, 0.2) is 11.6 Å². The summed E-state index contributed by atoms with van der Waals surface area (Å²) in [5, 5.41) is 0. The summed E-state index contributed by atoms with van der Waals surface area (Å²) in [7, 11) is 1.45. The zero-order valence-electron chi connectivity index (χ0n) is 8.75. The van der Waals surface area contributed by atoms with Gasteiger partial charge in [-0.1, -0.05) is 19.9 Å². The van der Waals surface area contributed by atoms with Crippen LogP contribution >= 0.6 is 0 Å². The highest BCUT2D eigenvalue weighted by atomic mass is 19.1. The summed E-state index contributed by atoms with van der Waals surface area (Å²) in [6.45, 7) is 4.06. The lowest BCUT2D eigenvalue weighted by atomic mass is 9.97. The van der Waals surface area contributed by atoms with E-state index in [1.165, 1.54) is 13.2 Å². The van der Waals surface area contributed by atoms with E-state index in [0.717, 1.165) is 5.56 Å². The SMILES string of the molecule is COc1cc(C(N)C(C)C)ccc1F. The van der Waals surface area contributed by atoms with Gasteiger partial charge in [0, 0.05) is 6.04 Å². The number of hydrogen-bond donors (Lipinski definition) is 1. The summed E-state index contributed by atoms with van der Waals surface area (Å²) in [5.41, 5.74) is 6.83. The molecule has 1 atom stereocenters. The summed E-state index contributed by atoms with van der Waals surface area (Å²) >= 11 is 0. The van der Waals surface area contributed by atoms with Crippen LogP contribution in [0.2, 0.25) is 0 Å². The van der Waals surface area contributed by atoms with Crippen LogP contribution in [-0.2, 0) is 0 Å². The molecule has 1 aromatic carbocycles. The Morgan fingerprint density at radius 2 is 2.00 bits per heavy atom. The van der Waals surface area contributed by atoms with Crippen molar-refractivity contribution >= 4 is 0 Å². The molecule has 1 aromatic rings. The summed E-state index contributed by atoms with van der Waals surface area (Å²) in [5.74, 6) is 0.218. The molecule has 14 heavy (non-hydrogen) atoms. The van der Waals surface area contributed by atoms with Gasteiger partial charge in [0.1, 0.15) is 0 Å². The van der Waals surface area contributed by atoms with Gasteiger partial charge in [-0.05, 0) is 23.6 Å². The average molecular weight is 197 g/mol. The summed E-state index contributed by atoms with van der Waals surface area (Å²) in [6.07, 6.45) is 0. The average Bonchev–Trinajstić information content (AvgIpc) is 2.17. The molecule has 0 aliphatic heterocycles. The first-order valence-electron chi connectivity index (χ1n) is 4.65. The van der Waals surface area contributed by atoms with Crippen LogP contribution in [0.25, 0.3) is 0 Å². The zero-order chi connectivity index (χ0) is 10.7. The summed E-state index contributed by atoms with van der Waals surface area (Å²) in [6, 6.07) is 4.66. The van der Waals surface area contributed by atoms with Gasteiger partial charge in [-0.2, -0.15) is 0 Å². The van der Waals surface area contributed by atoms with Crippen LogP contribution in [-0.4, -0.2) is 7.11 Å². The Kier molecular flexibility index (Phi) is 3.47. The first kappa shape index (κ1) is 11.0. The van der Waals surface area contributed by atoms with Crippen LogP contribution in [0.3, 0.4) is 0 Å². The number of halogens is 1. The molecule has 0 aliphatic carbocycles. The first-order valence-corrected chi connectivity index (χ1v) is 4.65. The minimum atomic E-state index is -0.354. The van der Waals surface area contributed by atoms with Gasteiger partial charge in [0.25, 0.3) is 0 Å². The van der Waals surface area contributed by atoms with E-state index < -0.39 is 0 Å². The Labute approximate surface area is 83.9 Å². The number of benzene rings is 1. The van der Waals surface area contributed by atoms with Crippen LogP contribution in [0, 0.1) is 11.7 Å². The lowest BCUT2D eigenvalue weighted by Crippen LogP contribution is -2.16. The number of nitrogens with two attached hydrogens (primary N) is 1. The third kappa shape index (κ3) is 2.23. The topological polar surface area (TPSA) is 35.2 Å². The van der Waals surface area contributed by atoms with Gasteiger partial charge >= 0.3 is 0 Å². The van der Waals surface area contributed by atoms with Crippen LogP contribution in [0.5, 0.6) is 5.75 Å². The molecule has 0 saturated heterocycles. The van der Waals surface area contributed by atoms with Crippen molar-refractivity contribution in [3.63, 3.8) is 0 Å². The molecule has 0 bridgehead atoms. The highest BCUT2D eigenvalue weighted by Crippen LogP contribution is 2.24. The quantitative estimate of drug-likeness (QED) is 0.808.